The van der Waals surface area contributed by atoms with Gasteiger partial charge in [0, 0.05) is 4.47 Å². The topological polar surface area (TPSA) is 79.8 Å². The second-order valence-corrected chi connectivity index (χ2v) is 7.93. The molecule has 0 saturated carbocycles. The summed E-state index contributed by atoms with van der Waals surface area (Å²) in [4.78, 5) is 23.9. The standard InChI is InChI=1S/C24H21BrFN3O3/c1-15-3-5-17(6-4-15)14-32-20-10-7-18(8-11-20)16(2)28-29-24(31)23(30)27-22-12-9-19(25)13-21(22)26/h3-13H,14H2,1-2H3,(H,27,30)(H,29,31)/b28-16+. The number of carbonyl (C=O) groups is 2. The molecule has 0 radical (unpaired) electrons. The zero-order valence-corrected chi connectivity index (χ0v) is 19.1. The molecule has 0 fully saturated rings. The summed E-state index contributed by atoms with van der Waals surface area (Å²) in [6, 6.07) is 19.4. The van der Waals surface area contributed by atoms with Crippen molar-refractivity contribution in [3.05, 3.63) is 93.7 Å². The average Bonchev–Trinajstić information content (AvgIpc) is 2.79. The number of rotatable bonds is 6. The van der Waals surface area contributed by atoms with E-state index in [0.29, 0.717) is 22.5 Å². The molecule has 32 heavy (non-hydrogen) atoms. The minimum Gasteiger partial charge on any atom is -0.489 e. The number of anilines is 1. The maximum atomic E-state index is 13.8. The summed E-state index contributed by atoms with van der Waals surface area (Å²) in [6.45, 7) is 4.18. The Morgan fingerprint density at radius 3 is 2.34 bits per heavy atom. The van der Waals surface area contributed by atoms with Gasteiger partial charge in [0.15, 0.2) is 0 Å². The molecule has 8 heteroatoms. The summed E-state index contributed by atoms with van der Waals surface area (Å²) in [7, 11) is 0. The van der Waals surface area contributed by atoms with E-state index in [-0.39, 0.29) is 5.69 Å². The number of nitrogens with zero attached hydrogens (tertiary/aromatic N) is 1. The third-order valence-electron chi connectivity index (χ3n) is 4.51. The lowest BCUT2D eigenvalue weighted by Gasteiger charge is -2.08. The first-order valence-corrected chi connectivity index (χ1v) is 10.5. The van der Waals surface area contributed by atoms with Crippen LogP contribution in [0.4, 0.5) is 10.1 Å². The van der Waals surface area contributed by atoms with Crippen molar-refractivity contribution < 1.29 is 18.7 Å². The van der Waals surface area contributed by atoms with Gasteiger partial charge in [-0.25, -0.2) is 9.82 Å². The Balaban J connectivity index is 1.53. The van der Waals surface area contributed by atoms with Gasteiger partial charge in [-0.15, -0.1) is 0 Å². The lowest BCUT2D eigenvalue weighted by Crippen LogP contribution is -2.33. The Labute approximate surface area is 193 Å². The van der Waals surface area contributed by atoms with E-state index in [0.717, 1.165) is 11.1 Å². The number of nitrogens with one attached hydrogen (secondary N) is 2. The fraction of sp³-hybridized carbons (Fsp3) is 0.125. The van der Waals surface area contributed by atoms with Crippen molar-refractivity contribution in [1.82, 2.24) is 5.43 Å². The number of carbonyl (C=O) groups excluding carboxylic acids is 2. The molecule has 0 unspecified atom stereocenters. The molecule has 0 bridgehead atoms. The normalized spacial score (nSPS) is 11.1. The number of ether oxygens (including phenoxy) is 1. The van der Waals surface area contributed by atoms with E-state index in [1.807, 2.05) is 31.2 Å². The Kier molecular flexibility index (Phi) is 7.72. The molecule has 0 spiro atoms. The Morgan fingerprint density at radius 1 is 1.00 bits per heavy atom. The van der Waals surface area contributed by atoms with Crippen LogP contribution in [0.1, 0.15) is 23.6 Å². The summed E-state index contributed by atoms with van der Waals surface area (Å²) in [5, 5.41) is 6.15. The zero-order valence-electron chi connectivity index (χ0n) is 17.5. The molecular formula is C24H21BrFN3O3. The predicted molar refractivity (Wildman–Crippen MR) is 125 cm³/mol. The van der Waals surface area contributed by atoms with Gasteiger partial charge in [0.1, 0.15) is 18.2 Å². The van der Waals surface area contributed by atoms with Crippen molar-refractivity contribution in [2.45, 2.75) is 20.5 Å². The molecule has 2 amide bonds. The smallest absolute Gasteiger partial charge is 0.329 e. The summed E-state index contributed by atoms with van der Waals surface area (Å²) in [6.07, 6.45) is 0. The van der Waals surface area contributed by atoms with Crippen LogP contribution in [-0.2, 0) is 16.2 Å². The van der Waals surface area contributed by atoms with Crippen LogP contribution >= 0.6 is 15.9 Å². The van der Waals surface area contributed by atoms with E-state index >= 15 is 0 Å². The molecule has 2 N–H and O–H groups in total. The molecule has 164 valence electrons. The van der Waals surface area contributed by atoms with Crippen molar-refractivity contribution in [3.8, 4) is 5.75 Å². The first-order chi connectivity index (χ1) is 15.3. The van der Waals surface area contributed by atoms with Gasteiger partial charge in [-0.05, 0) is 67.4 Å². The minimum absolute atomic E-state index is 0.102. The number of hydrogen-bond acceptors (Lipinski definition) is 4. The maximum Gasteiger partial charge on any atom is 0.329 e. The maximum absolute atomic E-state index is 13.8. The molecule has 0 aromatic heterocycles. The molecule has 0 aliphatic heterocycles. The van der Waals surface area contributed by atoms with E-state index in [1.165, 1.54) is 17.7 Å². The van der Waals surface area contributed by atoms with Crippen molar-refractivity contribution in [2.75, 3.05) is 5.32 Å². The third kappa shape index (κ3) is 6.49. The van der Waals surface area contributed by atoms with Gasteiger partial charge in [0.05, 0.1) is 11.4 Å². The van der Waals surface area contributed by atoms with Crippen LogP contribution in [0.5, 0.6) is 5.75 Å². The van der Waals surface area contributed by atoms with E-state index in [9.17, 15) is 14.0 Å². The van der Waals surface area contributed by atoms with Gasteiger partial charge in [-0.1, -0.05) is 45.8 Å². The molecule has 0 aliphatic rings. The number of hydrogen-bond donors (Lipinski definition) is 2. The average molecular weight is 498 g/mol. The molecule has 6 nitrogen and oxygen atoms in total. The van der Waals surface area contributed by atoms with Crippen LogP contribution in [0.25, 0.3) is 0 Å². The van der Waals surface area contributed by atoms with Crippen LogP contribution in [0.2, 0.25) is 0 Å². The summed E-state index contributed by atoms with van der Waals surface area (Å²) >= 11 is 3.12. The highest BCUT2D eigenvalue weighted by molar-refractivity contribution is 9.10. The first kappa shape index (κ1) is 23.1. The van der Waals surface area contributed by atoms with Crippen molar-refractivity contribution in [1.29, 1.82) is 0 Å². The molecule has 3 aromatic rings. The quantitative estimate of drug-likeness (QED) is 0.287. The zero-order chi connectivity index (χ0) is 23.1. The van der Waals surface area contributed by atoms with Gasteiger partial charge in [0.25, 0.3) is 0 Å². The highest BCUT2D eigenvalue weighted by Gasteiger charge is 2.15. The first-order valence-electron chi connectivity index (χ1n) is 9.71. The number of benzene rings is 3. The second kappa shape index (κ2) is 10.7. The van der Waals surface area contributed by atoms with Crippen LogP contribution in [0, 0.1) is 12.7 Å². The monoisotopic (exact) mass is 497 g/mol. The molecule has 0 heterocycles. The molecule has 3 rings (SSSR count). The minimum atomic E-state index is -1.03. The largest absolute Gasteiger partial charge is 0.489 e. The van der Waals surface area contributed by atoms with Gasteiger partial charge >= 0.3 is 11.8 Å². The summed E-state index contributed by atoms with van der Waals surface area (Å²) in [5.74, 6) is -2.00. The van der Waals surface area contributed by atoms with Gasteiger partial charge in [-0.3, -0.25) is 9.59 Å². The van der Waals surface area contributed by atoms with E-state index in [4.69, 9.17) is 4.74 Å². The number of hydrazone groups is 1. The van der Waals surface area contributed by atoms with Crippen LogP contribution < -0.4 is 15.5 Å². The predicted octanol–water partition coefficient (Wildman–Crippen LogP) is 4.95. The third-order valence-corrected chi connectivity index (χ3v) is 5.00. The van der Waals surface area contributed by atoms with Crippen LogP contribution in [-0.4, -0.2) is 17.5 Å². The Morgan fingerprint density at radius 2 is 1.69 bits per heavy atom. The van der Waals surface area contributed by atoms with Crippen LogP contribution in [0.3, 0.4) is 0 Å². The number of aryl methyl sites for hydroxylation is 1. The number of amides is 2. The number of halogens is 2. The molecule has 0 aliphatic carbocycles. The molecular weight excluding hydrogens is 477 g/mol. The summed E-state index contributed by atoms with van der Waals surface area (Å²) in [5.41, 5.74) is 5.57. The van der Waals surface area contributed by atoms with E-state index < -0.39 is 17.6 Å². The van der Waals surface area contributed by atoms with Crippen molar-refractivity contribution >= 4 is 39.1 Å². The second-order valence-electron chi connectivity index (χ2n) is 7.02. The SMILES string of the molecule is C/C(=N\NC(=O)C(=O)Nc1ccc(Br)cc1F)c1ccc(OCc2ccc(C)cc2)cc1. The fourth-order valence-corrected chi connectivity index (χ4v) is 3.00. The molecule has 0 saturated heterocycles. The highest BCUT2D eigenvalue weighted by atomic mass is 79.9. The summed E-state index contributed by atoms with van der Waals surface area (Å²) < 4.78 is 20.1. The fourth-order valence-electron chi connectivity index (χ4n) is 2.66. The van der Waals surface area contributed by atoms with Gasteiger partial charge < -0.3 is 10.1 Å². The lowest BCUT2D eigenvalue weighted by molar-refractivity contribution is -0.136. The lowest BCUT2D eigenvalue weighted by atomic mass is 10.1. The van der Waals surface area contributed by atoms with Crippen LogP contribution in [0.15, 0.2) is 76.3 Å². The van der Waals surface area contributed by atoms with Crippen molar-refractivity contribution in [2.24, 2.45) is 5.10 Å². The molecule has 3 aromatic carbocycles. The van der Waals surface area contributed by atoms with Gasteiger partial charge in [-0.2, -0.15) is 5.10 Å². The van der Waals surface area contributed by atoms with E-state index in [1.54, 1.807) is 37.3 Å². The molecule has 0 atom stereocenters. The van der Waals surface area contributed by atoms with Crippen molar-refractivity contribution in [3.63, 3.8) is 0 Å². The highest BCUT2D eigenvalue weighted by Crippen LogP contribution is 2.19. The Bertz CT molecular complexity index is 1150. The van der Waals surface area contributed by atoms with E-state index in [2.05, 4.69) is 31.8 Å². The Hall–Kier alpha value is -3.52. The van der Waals surface area contributed by atoms with Gasteiger partial charge in [0.2, 0.25) is 0 Å².